The lowest BCUT2D eigenvalue weighted by Crippen LogP contribution is -2.26. The molecular formula is C19H21N3O2. The van der Waals surface area contributed by atoms with E-state index in [2.05, 4.69) is 28.3 Å². The first-order chi connectivity index (χ1) is 11.6. The van der Waals surface area contributed by atoms with E-state index < -0.39 is 0 Å². The number of methoxy groups -OCH3 is 1. The summed E-state index contributed by atoms with van der Waals surface area (Å²) in [5.74, 6) is 0.788. The molecule has 0 bridgehead atoms. The fourth-order valence-corrected chi connectivity index (χ4v) is 2.94. The first-order valence-electron chi connectivity index (χ1n) is 7.94. The highest BCUT2D eigenvalue weighted by Gasteiger charge is 2.10. The Bertz CT molecular complexity index is 883. The number of hydrogen-bond donors (Lipinski definition) is 2. The maximum Gasteiger partial charge on any atom is 0.251 e. The van der Waals surface area contributed by atoms with Crippen molar-refractivity contribution in [1.82, 2.24) is 15.3 Å². The van der Waals surface area contributed by atoms with E-state index in [-0.39, 0.29) is 5.91 Å². The van der Waals surface area contributed by atoms with Gasteiger partial charge in [0, 0.05) is 12.1 Å². The molecule has 3 aromatic rings. The number of aromatic nitrogens is 2. The van der Waals surface area contributed by atoms with E-state index in [1.54, 1.807) is 19.5 Å². The lowest BCUT2D eigenvalue weighted by Gasteiger charge is -2.13. The van der Waals surface area contributed by atoms with E-state index in [1.165, 1.54) is 11.1 Å². The summed E-state index contributed by atoms with van der Waals surface area (Å²) < 4.78 is 5.46. The summed E-state index contributed by atoms with van der Waals surface area (Å²) >= 11 is 0. The Morgan fingerprint density at radius 3 is 2.88 bits per heavy atom. The van der Waals surface area contributed by atoms with E-state index >= 15 is 0 Å². The quantitative estimate of drug-likeness (QED) is 0.758. The fraction of sp³-hybridized carbons (Fsp3) is 0.263. The standard InChI is InChI=1S/C19H21N3O2/c1-12-8-13(2)15(18(9-12)24-3)6-7-20-19(23)14-4-5-16-17(10-14)22-11-21-16/h4-5,8-11H,6-7H2,1-3H3,(H,20,23)(H,21,22). The molecule has 0 aliphatic heterocycles. The number of carbonyl (C=O) groups excluding carboxylic acids is 1. The second-order valence-corrected chi connectivity index (χ2v) is 5.90. The molecule has 1 amide bonds. The van der Waals surface area contributed by atoms with Crippen LogP contribution in [0.15, 0.2) is 36.7 Å². The Morgan fingerprint density at radius 1 is 1.25 bits per heavy atom. The third-order valence-electron chi connectivity index (χ3n) is 4.14. The van der Waals surface area contributed by atoms with Crippen molar-refractivity contribution in [3.8, 4) is 5.75 Å². The first kappa shape index (κ1) is 16.1. The second-order valence-electron chi connectivity index (χ2n) is 5.90. The van der Waals surface area contributed by atoms with Crippen LogP contribution < -0.4 is 10.1 Å². The van der Waals surface area contributed by atoms with Gasteiger partial charge in [-0.15, -0.1) is 0 Å². The van der Waals surface area contributed by atoms with Crippen LogP contribution in [-0.2, 0) is 6.42 Å². The Morgan fingerprint density at radius 2 is 2.08 bits per heavy atom. The second kappa shape index (κ2) is 6.74. The smallest absolute Gasteiger partial charge is 0.251 e. The summed E-state index contributed by atoms with van der Waals surface area (Å²) in [6, 6.07) is 9.60. The molecule has 0 unspecified atom stereocenters. The van der Waals surface area contributed by atoms with Gasteiger partial charge in [0.25, 0.3) is 5.91 Å². The predicted molar refractivity (Wildman–Crippen MR) is 94.6 cm³/mol. The minimum atomic E-state index is -0.0877. The van der Waals surface area contributed by atoms with Gasteiger partial charge in [0.1, 0.15) is 5.75 Å². The highest BCUT2D eigenvalue weighted by atomic mass is 16.5. The van der Waals surface area contributed by atoms with Gasteiger partial charge in [-0.1, -0.05) is 6.07 Å². The summed E-state index contributed by atoms with van der Waals surface area (Å²) in [7, 11) is 1.68. The topological polar surface area (TPSA) is 67.0 Å². The number of carbonyl (C=O) groups is 1. The minimum absolute atomic E-state index is 0.0877. The van der Waals surface area contributed by atoms with Crippen molar-refractivity contribution in [2.75, 3.05) is 13.7 Å². The predicted octanol–water partition coefficient (Wildman–Crippen LogP) is 3.16. The number of fused-ring (bicyclic) bond motifs is 1. The Hall–Kier alpha value is -2.82. The number of ether oxygens (including phenoxy) is 1. The number of aromatic amines is 1. The molecule has 0 saturated heterocycles. The maximum absolute atomic E-state index is 12.3. The molecule has 5 nitrogen and oxygen atoms in total. The summed E-state index contributed by atoms with van der Waals surface area (Å²) in [4.78, 5) is 19.5. The van der Waals surface area contributed by atoms with E-state index in [0.717, 1.165) is 28.8 Å². The first-order valence-corrected chi connectivity index (χ1v) is 7.94. The Balaban J connectivity index is 1.67. The molecule has 0 spiro atoms. The lowest BCUT2D eigenvalue weighted by atomic mass is 10.0. The van der Waals surface area contributed by atoms with Gasteiger partial charge in [-0.25, -0.2) is 4.98 Å². The zero-order valence-corrected chi connectivity index (χ0v) is 14.1. The number of rotatable bonds is 5. The summed E-state index contributed by atoms with van der Waals surface area (Å²) in [5, 5.41) is 2.97. The number of amides is 1. The minimum Gasteiger partial charge on any atom is -0.496 e. The van der Waals surface area contributed by atoms with Gasteiger partial charge in [0.05, 0.1) is 24.5 Å². The highest BCUT2D eigenvalue weighted by molar-refractivity contribution is 5.97. The number of H-pyrrole nitrogens is 1. The zero-order valence-electron chi connectivity index (χ0n) is 14.1. The fourth-order valence-electron chi connectivity index (χ4n) is 2.94. The monoisotopic (exact) mass is 323 g/mol. The molecule has 1 heterocycles. The van der Waals surface area contributed by atoms with Crippen molar-refractivity contribution in [1.29, 1.82) is 0 Å². The molecule has 0 radical (unpaired) electrons. The van der Waals surface area contributed by atoms with E-state index in [9.17, 15) is 4.79 Å². The molecular weight excluding hydrogens is 302 g/mol. The molecule has 0 atom stereocenters. The summed E-state index contributed by atoms with van der Waals surface area (Å²) in [6.45, 7) is 4.67. The van der Waals surface area contributed by atoms with Crippen LogP contribution in [0.25, 0.3) is 11.0 Å². The maximum atomic E-state index is 12.3. The third kappa shape index (κ3) is 3.25. The van der Waals surface area contributed by atoms with Crippen LogP contribution in [0.1, 0.15) is 27.0 Å². The van der Waals surface area contributed by atoms with Crippen LogP contribution >= 0.6 is 0 Å². The number of nitrogens with zero attached hydrogens (tertiary/aromatic N) is 1. The number of benzene rings is 2. The Kier molecular flexibility index (Phi) is 4.51. The normalized spacial score (nSPS) is 10.8. The molecule has 3 rings (SSSR count). The van der Waals surface area contributed by atoms with Crippen molar-refractivity contribution in [2.45, 2.75) is 20.3 Å². The van der Waals surface area contributed by atoms with Gasteiger partial charge >= 0.3 is 0 Å². The molecule has 0 aliphatic rings. The molecule has 0 fully saturated rings. The van der Waals surface area contributed by atoms with E-state index in [1.807, 2.05) is 25.1 Å². The third-order valence-corrected chi connectivity index (χ3v) is 4.14. The van der Waals surface area contributed by atoms with Crippen LogP contribution in [0.3, 0.4) is 0 Å². The molecule has 2 N–H and O–H groups in total. The van der Waals surface area contributed by atoms with Gasteiger partial charge in [0.15, 0.2) is 0 Å². The van der Waals surface area contributed by atoms with Gasteiger partial charge in [-0.05, 0) is 61.2 Å². The van der Waals surface area contributed by atoms with E-state index in [0.29, 0.717) is 12.1 Å². The number of aryl methyl sites for hydroxylation is 2. The van der Waals surface area contributed by atoms with Crippen molar-refractivity contribution >= 4 is 16.9 Å². The zero-order chi connectivity index (χ0) is 17.1. The highest BCUT2D eigenvalue weighted by Crippen LogP contribution is 2.24. The largest absolute Gasteiger partial charge is 0.496 e. The number of nitrogens with one attached hydrogen (secondary N) is 2. The van der Waals surface area contributed by atoms with Crippen molar-refractivity contribution < 1.29 is 9.53 Å². The van der Waals surface area contributed by atoms with Crippen LogP contribution in [0.4, 0.5) is 0 Å². The van der Waals surface area contributed by atoms with Crippen LogP contribution in [-0.4, -0.2) is 29.5 Å². The van der Waals surface area contributed by atoms with Crippen LogP contribution in [0.5, 0.6) is 5.75 Å². The van der Waals surface area contributed by atoms with Gasteiger partial charge in [-0.2, -0.15) is 0 Å². The van der Waals surface area contributed by atoms with Crippen molar-refractivity contribution in [2.24, 2.45) is 0 Å². The summed E-state index contributed by atoms with van der Waals surface area (Å²) in [5.41, 5.74) is 5.82. The summed E-state index contributed by atoms with van der Waals surface area (Å²) in [6.07, 6.45) is 2.35. The van der Waals surface area contributed by atoms with Crippen molar-refractivity contribution in [3.05, 3.63) is 58.9 Å². The average Bonchev–Trinajstić information content (AvgIpc) is 3.03. The molecule has 0 saturated carbocycles. The van der Waals surface area contributed by atoms with Gasteiger partial charge in [0.2, 0.25) is 0 Å². The molecule has 2 aromatic carbocycles. The number of imidazole rings is 1. The molecule has 124 valence electrons. The van der Waals surface area contributed by atoms with Crippen molar-refractivity contribution in [3.63, 3.8) is 0 Å². The molecule has 0 aliphatic carbocycles. The molecule has 5 heteroatoms. The number of hydrogen-bond acceptors (Lipinski definition) is 3. The average molecular weight is 323 g/mol. The SMILES string of the molecule is COc1cc(C)cc(C)c1CCNC(=O)c1ccc2nc[nH]c2c1. The Labute approximate surface area is 141 Å². The van der Waals surface area contributed by atoms with Crippen LogP contribution in [0.2, 0.25) is 0 Å². The lowest BCUT2D eigenvalue weighted by molar-refractivity contribution is 0.0954. The van der Waals surface area contributed by atoms with Crippen LogP contribution in [0, 0.1) is 13.8 Å². The van der Waals surface area contributed by atoms with Gasteiger partial charge < -0.3 is 15.0 Å². The molecule has 1 aromatic heterocycles. The molecule has 24 heavy (non-hydrogen) atoms. The van der Waals surface area contributed by atoms with E-state index in [4.69, 9.17) is 4.74 Å². The van der Waals surface area contributed by atoms with Gasteiger partial charge in [-0.3, -0.25) is 4.79 Å².